The fourth-order valence-corrected chi connectivity index (χ4v) is 2.68. The smallest absolute Gasteiger partial charge is 0.236 e. The van der Waals surface area contributed by atoms with E-state index in [0.717, 1.165) is 31.9 Å². The van der Waals surface area contributed by atoms with Crippen LogP contribution < -0.4 is 0 Å². The third kappa shape index (κ3) is 3.93. The number of aromatic nitrogens is 2. The van der Waals surface area contributed by atoms with Crippen LogP contribution >= 0.6 is 11.8 Å². The minimum Gasteiger partial charge on any atom is -0.338 e. The number of hydrogen-bond acceptors (Lipinski definition) is 7. The van der Waals surface area contributed by atoms with Crippen molar-refractivity contribution < 1.29 is 4.52 Å². The quantitative estimate of drug-likeness (QED) is 0.766. The minimum absolute atomic E-state index is 0.186. The molecule has 0 bridgehead atoms. The van der Waals surface area contributed by atoms with Gasteiger partial charge in [-0.3, -0.25) is 4.90 Å². The van der Waals surface area contributed by atoms with Gasteiger partial charge in [0.2, 0.25) is 5.89 Å². The number of nitriles is 1. The van der Waals surface area contributed by atoms with Crippen LogP contribution in [-0.4, -0.2) is 59.4 Å². The topological polar surface area (TPSA) is 69.2 Å². The summed E-state index contributed by atoms with van der Waals surface area (Å²) < 4.78 is 5.25. The molecule has 1 aromatic heterocycles. The Bertz CT molecular complexity index is 444. The lowest BCUT2D eigenvalue weighted by atomic mass is 10.2. The van der Waals surface area contributed by atoms with Gasteiger partial charge in [-0.05, 0) is 33.6 Å². The van der Waals surface area contributed by atoms with Crippen LogP contribution in [0.3, 0.4) is 0 Å². The number of rotatable bonds is 4. The first kappa shape index (κ1) is 14.3. The first-order valence-corrected chi connectivity index (χ1v) is 7.52. The molecule has 1 aliphatic rings. The van der Waals surface area contributed by atoms with Crippen molar-refractivity contribution in [1.29, 1.82) is 5.26 Å². The molecule has 2 heterocycles. The Morgan fingerprint density at radius 2 is 2.32 bits per heavy atom. The maximum atomic E-state index is 8.50. The Hall–Kier alpha value is -1.10. The van der Waals surface area contributed by atoms with Crippen LogP contribution in [0, 0.1) is 11.3 Å². The summed E-state index contributed by atoms with van der Waals surface area (Å²) in [5, 5.41) is 12.6. The summed E-state index contributed by atoms with van der Waals surface area (Å²) in [5.41, 5.74) is 0. The lowest BCUT2D eigenvalue weighted by molar-refractivity contribution is 0.214. The highest BCUT2D eigenvalue weighted by Crippen LogP contribution is 2.21. The monoisotopic (exact) mass is 281 g/mol. The normalized spacial score (nSPS) is 22.1. The van der Waals surface area contributed by atoms with E-state index in [4.69, 9.17) is 9.78 Å². The predicted octanol–water partition coefficient (Wildman–Crippen LogP) is 1.13. The highest BCUT2D eigenvalue weighted by Gasteiger charge is 2.26. The van der Waals surface area contributed by atoms with E-state index in [1.165, 1.54) is 11.8 Å². The van der Waals surface area contributed by atoms with E-state index in [0.29, 0.717) is 17.4 Å². The van der Waals surface area contributed by atoms with Gasteiger partial charge in [0.05, 0.1) is 23.6 Å². The molecule has 1 saturated heterocycles. The zero-order valence-electron chi connectivity index (χ0n) is 11.4. The second kappa shape index (κ2) is 6.89. The fourth-order valence-electron chi connectivity index (χ4n) is 2.20. The van der Waals surface area contributed by atoms with Gasteiger partial charge in [-0.1, -0.05) is 5.16 Å². The SMILES string of the molecule is CN1CCCN(C)C(c2noc(CSCC#N)n2)C1. The van der Waals surface area contributed by atoms with Gasteiger partial charge < -0.3 is 9.42 Å². The standard InChI is InChI=1S/C12H19N5OS/c1-16-5-3-6-17(2)10(8-16)12-14-11(18-15-12)9-19-7-4-13/h10H,3,5-9H2,1-2H3. The molecule has 2 rings (SSSR count). The van der Waals surface area contributed by atoms with Gasteiger partial charge in [-0.2, -0.15) is 10.2 Å². The van der Waals surface area contributed by atoms with Gasteiger partial charge in [0, 0.05) is 6.54 Å². The first-order valence-electron chi connectivity index (χ1n) is 6.36. The second-order valence-corrected chi connectivity index (χ2v) is 5.80. The Morgan fingerprint density at radius 1 is 1.47 bits per heavy atom. The average molecular weight is 281 g/mol. The third-order valence-corrected chi connectivity index (χ3v) is 4.03. The average Bonchev–Trinajstić information content (AvgIpc) is 2.78. The molecule has 0 aliphatic carbocycles. The van der Waals surface area contributed by atoms with E-state index >= 15 is 0 Å². The van der Waals surface area contributed by atoms with E-state index in [9.17, 15) is 0 Å². The molecule has 1 unspecified atom stereocenters. The van der Waals surface area contributed by atoms with Crippen molar-refractivity contribution in [1.82, 2.24) is 19.9 Å². The lowest BCUT2D eigenvalue weighted by Crippen LogP contribution is -2.31. The summed E-state index contributed by atoms with van der Waals surface area (Å²) in [5.74, 6) is 2.41. The molecule has 1 fully saturated rings. The molecule has 1 aliphatic heterocycles. The van der Waals surface area contributed by atoms with Gasteiger partial charge in [0.1, 0.15) is 0 Å². The molecule has 7 heteroatoms. The molecular formula is C12H19N5OS. The van der Waals surface area contributed by atoms with Crippen molar-refractivity contribution in [3.63, 3.8) is 0 Å². The molecule has 19 heavy (non-hydrogen) atoms. The molecule has 6 nitrogen and oxygen atoms in total. The van der Waals surface area contributed by atoms with E-state index in [2.05, 4.69) is 40.1 Å². The maximum Gasteiger partial charge on any atom is 0.236 e. The highest BCUT2D eigenvalue weighted by atomic mass is 32.2. The van der Waals surface area contributed by atoms with Crippen LogP contribution in [-0.2, 0) is 5.75 Å². The van der Waals surface area contributed by atoms with Crippen molar-refractivity contribution in [3.8, 4) is 6.07 Å². The van der Waals surface area contributed by atoms with Crippen LogP contribution in [0.25, 0.3) is 0 Å². The predicted molar refractivity (Wildman–Crippen MR) is 73.6 cm³/mol. The van der Waals surface area contributed by atoms with Crippen LogP contribution in [0.15, 0.2) is 4.52 Å². The Morgan fingerprint density at radius 3 is 3.11 bits per heavy atom. The largest absolute Gasteiger partial charge is 0.338 e. The van der Waals surface area contributed by atoms with Crippen LogP contribution in [0.1, 0.15) is 24.2 Å². The summed E-state index contributed by atoms with van der Waals surface area (Å²) in [4.78, 5) is 9.03. The Balaban J connectivity index is 2.01. The van der Waals surface area contributed by atoms with E-state index < -0.39 is 0 Å². The summed E-state index contributed by atoms with van der Waals surface area (Å²) in [6, 6.07) is 2.27. The van der Waals surface area contributed by atoms with Gasteiger partial charge in [-0.15, -0.1) is 11.8 Å². The number of likely N-dealkylation sites (N-methyl/N-ethyl adjacent to an activating group) is 2. The first-order chi connectivity index (χ1) is 9.20. The van der Waals surface area contributed by atoms with Crippen molar-refractivity contribution >= 4 is 11.8 Å². The molecule has 0 spiro atoms. The van der Waals surface area contributed by atoms with E-state index in [-0.39, 0.29) is 6.04 Å². The van der Waals surface area contributed by atoms with Gasteiger partial charge in [0.25, 0.3) is 0 Å². The Labute approximate surface area is 117 Å². The maximum absolute atomic E-state index is 8.50. The van der Waals surface area contributed by atoms with Gasteiger partial charge in [-0.25, -0.2) is 0 Å². The van der Waals surface area contributed by atoms with Gasteiger partial charge >= 0.3 is 0 Å². The molecule has 104 valence electrons. The van der Waals surface area contributed by atoms with Crippen LogP contribution in [0.5, 0.6) is 0 Å². The number of thioether (sulfide) groups is 1. The molecule has 0 amide bonds. The number of hydrogen-bond donors (Lipinski definition) is 0. The van der Waals surface area contributed by atoms with Gasteiger partial charge in [0.15, 0.2) is 5.82 Å². The molecule has 0 radical (unpaired) electrons. The van der Waals surface area contributed by atoms with Crippen molar-refractivity contribution in [2.24, 2.45) is 0 Å². The van der Waals surface area contributed by atoms with Crippen LogP contribution in [0.2, 0.25) is 0 Å². The third-order valence-electron chi connectivity index (χ3n) is 3.24. The zero-order valence-corrected chi connectivity index (χ0v) is 12.2. The molecule has 0 N–H and O–H groups in total. The van der Waals surface area contributed by atoms with E-state index in [1.54, 1.807) is 0 Å². The fraction of sp³-hybridized carbons (Fsp3) is 0.750. The minimum atomic E-state index is 0.186. The van der Waals surface area contributed by atoms with Crippen LogP contribution in [0.4, 0.5) is 0 Å². The second-order valence-electron chi connectivity index (χ2n) is 4.81. The van der Waals surface area contributed by atoms with Crippen molar-refractivity contribution in [2.45, 2.75) is 18.2 Å². The molecule has 1 atom stereocenters. The molecule has 1 aromatic rings. The van der Waals surface area contributed by atoms with Crippen molar-refractivity contribution in [2.75, 3.05) is 39.5 Å². The summed E-state index contributed by atoms with van der Waals surface area (Å²) in [7, 11) is 4.22. The summed E-state index contributed by atoms with van der Waals surface area (Å²) in [6.45, 7) is 3.06. The summed E-state index contributed by atoms with van der Waals surface area (Å²) in [6.07, 6.45) is 1.16. The highest BCUT2D eigenvalue weighted by molar-refractivity contribution is 7.98. The van der Waals surface area contributed by atoms with E-state index in [1.807, 2.05) is 0 Å². The Kier molecular flexibility index (Phi) is 5.19. The molecule has 0 saturated carbocycles. The van der Waals surface area contributed by atoms with Crippen molar-refractivity contribution in [3.05, 3.63) is 11.7 Å². The zero-order chi connectivity index (χ0) is 13.7. The molecule has 0 aromatic carbocycles. The number of nitrogens with zero attached hydrogens (tertiary/aromatic N) is 5. The molecular weight excluding hydrogens is 262 g/mol. The summed E-state index contributed by atoms with van der Waals surface area (Å²) >= 11 is 1.49. The lowest BCUT2D eigenvalue weighted by Gasteiger charge is -2.24.